The van der Waals surface area contributed by atoms with Crippen LogP contribution in [-0.4, -0.2) is 53.1 Å². The lowest BCUT2D eigenvalue weighted by molar-refractivity contribution is -0.947. The summed E-state index contributed by atoms with van der Waals surface area (Å²) in [7, 11) is 2.41. The minimum absolute atomic E-state index is 0.00960. The van der Waals surface area contributed by atoms with E-state index in [1.807, 2.05) is 35.2 Å². The maximum atomic E-state index is 14.0. The van der Waals surface area contributed by atoms with Gasteiger partial charge in [-0.2, -0.15) is 22.7 Å². The van der Waals surface area contributed by atoms with Crippen LogP contribution in [0.1, 0.15) is 55.2 Å². The number of carbonyl (C=O) groups is 1. The van der Waals surface area contributed by atoms with Gasteiger partial charge in [-0.05, 0) is 57.6 Å². The first-order valence-electron chi connectivity index (χ1n) is 13.4. The molecule has 2 aliphatic rings. The minimum Gasteiger partial charge on any atom is -0.375 e. The van der Waals surface area contributed by atoms with E-state index in [0.29, 0.717) is 6.04 Å². The summed E-state index contributed by atoms with van der Waals surface area (Å²) in [5, 5.41) is 20.9. The third kappa shape index (κ3) is 5.33. The number of amides is 1. The Labute approximate surface area is 223 Å². The zero-order chi connectivity index (χ0) is 25.0. The molecule has 1 aromatic carbocycles. The number of likely N-dealkylation sites (N-methyl/N-ethyl adjacent to an activating group) is 1. The lowest BCUT2D eigenvalue weighted by Crippen LogP contribution is -2.59. The van der Waals surface area contributed by atoms with Crippen molar-refractivity contribution in [3.8, 4) is 0 Å². The second-order valence-corrected chi connectivity index (χ2v) is 12.6. The first kappa shape index (κ1) is 25.7. The van der Waals surface area contributed by atoms with Crippen LogP contribution in [0.2, 0.25) is 0 Å². The van der Waals surface area contributed by atoms with E-state index >= 15 is 0 Å². The first-order chi connectivity index (χ1) is 17.5. The number of benzene rings is 1. The quantitative estimate of drug-likeness (QED) is 0.346. The molecule has 2 aromatic heterocycles. The van der Waals surface area contributed by atoms with Crippen molar-refractivity contribution in [3.63, 3.8) is 0 Å². The molecule has 1 saturated carbocycles. The van der Waals surface area contributed by atoms with Crippen LogP contribution in [0.3, 0.4) is 0 Å². The van der Waals surface area contributed by atoms with Crippen LogP contribution in [0, 0.1) is 5.92 Å². The molecule has 36 heavy (non-hydrogen) atoms. The highest BCUT2D eigenvalue weighted by atomic mass is 32.1. The Bertz CT molecular complexity index is 1090. The lowest BCUT2D eigenvalue weighted by Gasteiger charge is -2.47. The molecule has 1 N–H and O–H groups in total. The van der Waals surface area contributed by atoms with Gasteiger partial charge in [0.1, 0.15) is 6.54 Å². The zero-order valence-electron chi connectivity index (χ0n) is 21.4. The second kappa shape index (κ2) is 11.2. The highest BCUT2D eigenvalue weighted by Crippen LogP contribution is 2.42. The van der Waals surface area contributed by atoms with Crippen LogP contribution in [0.4, 0.5) is 0 Å². The Balaban J connectivity index is 1.31. The van der Waals surface area contributed by atoms with Gasteiger partial charge >= 0.3 is 0 Å². The molecule has 3 aromatic rings. The molecule has 0 bridgehead atoms. The molecular formula is C30H39N2O2S2+. The van der Waals surface area contributed by atoms with Crippen molar-refractivity contribution in [2.24, 2.45) is 5.92 Å². The second-order valence-electron chi connectivity index (χ2n) is 11.0. The molecule has 1 amide bonds. The molecule has 1 aliphatic carbocycles. The van der Waals surface area contributed by atoms with Crippen molar-refractivity contribution in [2.45, 2.75) is 63.1 Å². The van der Waals surface area contributed by atoms with Crippen molar-refractivity contribution in [1.29, 1.82) is 0 Å². The Morgan fingerprint density at radius 2 is 1.61 bits per heavy atom. The molecule has 0 spiro atoms. The number of piperidine rings is 1. The molecular weight excluding hydrogens is 484 g/mol. The van der Waals surface area contributed by atoms with Crippen LogP contribution < -0.4 is 0 Å². The molecule has 3 heterocycles. The number of carbonyl (C=O) groups excluding carboxylic acids is 1. The van der Waals surface area contributed by atoms with E-state index in [2.05, 4.69) is 40.7 Å². The predicted molar refractivity (Wildman–Crippen MR) is 149 cm³/mol. The fourth-order valence-electron chi connectivity index (χ4n) is 6.51. The molecule has 5 rings (SSSR count). The van der Waals surface area contributed by atoms with Gasteiger partial charge in [-0.3, -0.25) is 4.79 Å². The number of quaternary nitrogens is 1. The van der Waals surface area contributed by atoms with Crippen molar-refractivity contribution >= 4 is 28.6 Å². The molecule has 2 fully saturated rings. The molecule has 1 unspecified atom stereocenters. The monoisotopic (exact) mass is 523 g/mol. The van der Waals surface area contributed by atoms with E-state index in [4.69, 9.17) is 0 Å². The molecule has 6 heteroatoms. The maximum absolute atomic E-state index is 14.0. The van der Waals surface area contributed by atoms with Crippen molar-refractivity contribution in [1.82, 2.24) is 4.90 Å². The van der Waals surface area contributed by atoms with E-state index in [-0.39, 0.29) is 11.8 Å². The van der Waals surface area contributed by atoms with Gasteiger partial charge in [0, 0.05) is 43.8 Å². The lowest BCUT2D eigenvalue weighted by atomic mass is 9.78. The fraction of sp³-hybridized carbons (Fsp3) is 0.500. The standard InChI is InChI=1S/C30H39N2O2S2/c1-32(21-25-15-20-36-23-25,18-13-24-14-19-35-22-24)28-11-16-31(17-12-28)29(33)30(34,27-9-5-6-10-27)26-7-3-2-4-8-26/h2-4,7-8,14-15,19-20,22-23,27-28,34H,5-6,9-13,16-18,21H2,1H3/q+1/t30-,32?/m0/s1. The minimum atomic E-state index is -1.40. The highest BCUT2D eigenvalue weighted by molar-refractivity contribution is 7.08. The van der Waals surface area contributed by atoms with Crippen LogP contribution in [0.5, 0.6) is 0 Å². The van der Waals surface area contributed by atoms with Gasteiger partial charge in [0.15, 0.2) is 5.60 Å². The zero-order valence-corrected chi connectivity index (χ0v) is 23.0. The van der Waals surface area contributed by atoms with Crippen LogP contribution in [0.15, 0.2) is 64.0 Å². The van der Waals surface area contributed by atoms with E-state index in [1.54, 1.807) is 22.7 Å². The summed E-state index contributed by atoms with van der Waals surface area (Å²) in [6, 6.07) is 14.7. The van der Waals surface area contributed by atoms with Crippen molar-refractivity contribution in [3.05, 3.63) is 80.7 Å². The van der Waals surface area contributed by atoms with Gasteiger partial charge in [0.2, 0.25) is 0 Å². The number of hydrogen-bond acceptors (Lipinski definition) is 4. The summed E-state index contributed by atoms with van der Waals surface area (Å²) in [5.41, 5.74) is 2.19. The summed E-state index contributed by atoms with van der Waals surface area (Å²) < 4.78 is 1.00. The largest absolute Gasteiger partial charge is 0.375 e. The number of aliphatic hydroxyl groups is 1. The summed E-state index contributed by atoms with van der Waals surface area (Å²) >= 11 is 3.54. The average Bonchev–Trinajstić information content (AvgIpc) is 3.71. The Morgan fingerprint density at radius 3 is 2.22 bits per heavy atom. The van der Waals surface area contributed by atoms with Crippen molar-refractivity contribution in [2.75, 3.05) is 26.7 Å². The van der Waals surface area contributed by atoms with Gasteiger partial charge in [0.25, 0.3) is 5.91 Å². The van der Waals surface area contributed by atoms with Gasteiger partial charge in [-0.1, -0.05) is 43.2 Å². The predicted octanol–water partition coefficient (Wildman–Crippen LogP) is 6.07. The number of likely N-dealkylation sites (tertiary alicyclic amines) is 1. The summed E-state index contributed by atoms with van der Waals surface area (Å²) in [4.78, 5) is 15.9. The molecule has 1 aliphatic heterocycles. The Kier molecular flexibility index (Phi) is 7.96. The highest BCUT2D eigenvalue weighted by Gasteiger charge is 2.49. The first-order valence-corrected chi connectivity index (χ1v) is 15.3. The van der Waals surface area contributed by atoms with E-state index in [9.17, 15) is 9.90 Å². The number of thiophene rings is 2. The van der Waals surface area contributed by atoms with E-state index in [0.717, 1.165) is 81.2 Å². The van der Waals surface area contributed by atoms with Crippen LogP contribution >= 0.6 is 22.7 Å². The van der Waals surface area contributed by atoms with Gasteiger partial charge in [-0.15, -0.1) is 0 Å². The molecule has 2 atom stereocenters. The van der Waals surface area contributed by atoms with Crippen LogP contribution in [0.25, 0.3) is 0 Å². The molecule has 1 saturated heterocycles. The topological polar surface area (TPSA) is 40.5 Å². The Hall–Kier alpha value is -1.99. The third-order valence-corrected chi connectivity index (χ3v) is 10.2. The third-order valence-electron chi connectivity index (χ3n) is 8.73. The number of rotatable bonds is 9. The average molecular weight is 524 g/mol. The molecule has 4 nitrogen and oxygen atoms in total. The summed E-state index contributed by atoms with van der Waals surface area (Å²) in [6.45, 7) is 3.58. The van der Waals surface area contributed by atoms with Gasteiger partial charge in [0.05, 0.1) is 19.6 Å². The van der Waals surface area contributed by atoms with Crippen molar-refractivity contribution < 1.29 is 14.4 Å². The molecule has 192 valence electrons. The number of nitrogens with zero attached hydrogens (tertiary/aromatic N) is 2. The van der Waals surface area contributed by atoms with Crippen LogP contribution in [-0.2, 0) is 23.4 Å². The van der Waals surface area contributed by atoms with Gasteiger partial charge in [-0.25, -0.2) is 0 Å². The summed E-state index contributed by atoms with van der Waals surface area (Å²) in [6.07, 6.45) is 7.07. The Morgan fingerprint density at radius 1 is 0.972 bits per heavy atom. The number of hydrogen-bond donors (Lipinski definition) is 1. The summed E-state index contributed by atoms with van der Waals surface area (Å²) in [5.74, 6) is -0.0697. The molecule has 0 radical (unpaired) electrons. The van der Waals surface area contributed by atoms with Gasteiger partial charge < -0.3 is 14.5 Å². The van der Waals surface area contributed by atoms with E-state index in [1.165, 1.54) is 11.1 Å². The van der Waals surface area contributed by atoms with E-state index < -0.39 is 5.60 Å². The maximum Gasteiger partial charge on any atom is 0.259 e. The fourth-order valence-corrected chi connectivity index (χ4v) is 7.88. The smallest absolute Gasteiger partial charge is 0.259 e. The normalized spacial score (nSPS) is 20.8. The SMILES string of the molecule is C[N+](CCc1ccsc1)(Cc1ccsc1)C1CCN(C(=O)[C@](O)(c2ccccc2)C2CCCC2)CC1.